The second kappa shape index (κ2) is 5.60. The van der Waals surface area contributed by atoms with Crippen molar-refractivity contribution in [1.29, 1.82) is 0 Å². The first-order valence-electron chi connectivity index (χ1n) is 7.43. The molecule has 1 aliphatic rings. The molecule has 0 radical (unpaired) electrons. The molecule has 2 heteroatoms. The van der Waals surface area contributed by atoms with Crippen molar-refractivity contribution in [3.63, 3.8) is 0 Å². The molecular weight excluding hydrogens is 232 g/mol. The van der Waals surface area contributed by atoms with Crippen LogP contribution in [0.5, 0.6) is 0 Å². The molecule has 1 aromatic carbocycles. The Kier molecular flexibility index (Phi) is 3.67. The molecule has 1 N–H and O–H groups in total. The molecule has 0 atom stereocenters. The van der Waals surface area contributed by atoms with Crippen molar-refractivity contribution in [3.05, 3.63) is 35.9 Å². The summed E-state index contributed by atoms with van der Waals surface area (Å²) in [5.41, 5.74) is 2.32. The van der Waals surface area contributed by atoms with E-state index in [2.05, 4.69) is 36.5 Å². The molecule has 1 fully saturated rings. The minimum Gasteiger partial charge on any atom is -0.370 e. The number of hydrogen-bond donors (Lipinski definition) is 1. The molecule has 0 aliphatic heterocycles. The van der Waals surface area contributed by atoms with Crippen LogP contribution in [0.15, 0.2) is 30.3 Å². The first kappa shape index (κ1) is 12.5. The summed E-state index contributed by atoms with van der Waals surface area (Å²) in [4.78, 5) is 4.73. The van der Waals surface area contributed by atoms with Gasteiger partial charge in [0.15, 0.2) is 0 Å². The van der Waals surface area contributed by atoms with Gasteiger partial charge in [0.05, 0.1) is 5.52 Å². The highest BCUT2D eigenvalue weighted by Gasteiger charge is 2.14. The van der Waals surface area contributed by atoms with Crippen LogP contribution in [0.4, 0.5) is 5.82 Å². The van der Waals surface area contributed by atoms with Gasteiger partial charge in [0.2, 0.25) is 0 Å². The lowest BCUT2D eigenvalue weighted by Gasteiger charge is -2.12. The van der Waals surface area contributed by atoms with E-state index in [1.54, 1.807) is 0 Å². The molecule has 0 spiro atoms. The van der Waals surface area contributed by atoms with E-state index in [-0.39, 0.29) is 0 Å². The first-order valence-corrected chi connectivity index (χ1v) is 7.43. The van der Waals surface area contributed by atoms with Crippen LogP contribution in [0.3, 0.4) is 0 Å². The zero-order valence-corrected chi connectivity index (χ0v) is 11.7. The Bertz CT molecular complexity index is 556. The molecule has 2 nitrogen and oxygen atoms in total. The lowest BCUT2D eigenvalue weighted by Crippen LogP contribution is -2.09. The van der Waals surface area contributed by atoms with Crippen molar-refractivity contribution < 1.29 is 0 Å². The zero-order chi connectivity index (χ0) is 13.1. The van der Waals surface area contributed by atoms with Gasteiger partial charge in [-0.15, -0.1) is 0 Å². The summed E-state index contributed by atoms with van der Waals surface area (Å²) in [7, 11) is 0. The van der Waals surface area contributed by atoms with Crippen molar-refractivity contribution >= 4 is 16.7 Å². The number of hydrogen-bond acceptors (Lipinski definition) is 2. The van der Waals surface area contributed by atoms with Gasteiger partial charge >= 0.3 is 0 Å². The predicted molar refractivity (Wildman–Crippen MR) is 81.5 cm³/mol. The fourth-order valence-electron chi connectivity index (χ4n) is 3.09. The monoisotopic (exact) mass is 254 g/mol. The Morgan fingerprint density at radius 1 is 1.21 bits per heavy atom. The number of aryl methyl sites for hydroxylation is 1. The fourth-order valence-corrected chi connectivity index (χ4v) is 3.09. The molecule has 0 amide bonds. The first-order chi connectivity index (χ1) is 9.33. The highest BCUT2D eigenvalue weighted by Crippen LogP contribution is 2.27. The van der Waals surface area contributed by atoms with Crippen LogP contribution in [0.1, 0.15) is 37.7 Å². The molecule has 1 aliphatic carbocycles. The largest absolute Gasteiger partial charge is 0.370 e. The normalized spacial score (nSPS) is 16.1. The summed E-state index contributed by atoms with van der Waals surface area (Å²) in [5, 5.41) is 4.74. The molecule has 0 unspecified atom stereocenters. The zero-order valence-electron chi connectivity index (χ0n) is 11.7. The molecule has 3 rings (SSSR count). The number of nitrogens with one attached hydrogen (secondary N) is 1. The molecule has 1 saturated carbocycles. The highest BCUT2D eigenvalue weighted by molar-refractivity contribution is 5.81. The Morgan fingerprint density at radius 3 is 2.84 bits per heavy atom. The van der Waals surface area contributed by atoms with Gasteiger partial charge in [-0.05, 0) is 37.0 Å². The summed E-state index contributed by atoms with van der Waals surface area (Å²) < 4.78 is 0. The standard InChI is InChI=1S/C17H22N2/c1-13-12-15-8-4-5-9-16(15)19-17(13)18-11-10-14-6-2-3-7-14/h4-5,8-9,12,14H,2-3,6-7,10-11H2,1H3,(H,18,19). The van der Waals surface area contributed by atoms with Crippen LogP contribution in [0.2, 0.25) is 0 Å². The van der Waals surface area contributed by atoms with Crippen molar-refractivity contribution in [3.8, 4) is 0 Å². The molecule has 0 bridgehead atoms. The van der Waals surface area contributed by atoms with Gasteiger partial charge in [-0.25, -0.2) is 4.98 Å². The van der Waals surface area contributed by atoms with Crippen LogP contribution in [-0.4, -0.2) is 11.5 Å². The van der Waals surface area contributed by atoms with Gasteiger partial charge in [0, 0.05) is 11.9 Å². The summed E-state index contributed by atoms with van der Waals surface area (Å²) in [6, 6.07) is 10.5. The summed E-state index contributed by atoms with van der Waals surface area (Å²) in [5.74, 6) is 1.99. The molecule has 1 heterocycles. The fraction of sp³-hybridized carbons (Fsp3) is 0.471. The van der Waals surface area contributed by atoms with E-state index in [0.717, 1.165) is 23.8 Å². The highest BCUT2D eigenvalue weighted by atomic mass is 15.0. The van der Waals surface area contributed by atoms with E-state index < -0.39 is 0 Å². The minimum atomic E-state index is 0.938. The summed E-state index contributed by atoms with van der Waals surface area (Å²) >= 11 is 0. The Balaban J connectivity index is 1.67. The number of para-hydroxylation sites is 1. The van der Waals surface area contributed by atoms with Crippen LogP contribution in [0, 0.1) is 12.8 Å². The third-order valence-corrected chi connectivity index (χ3v) is 4.23. The van der Waals surface area contributed by atoms with Gasteiger partial charge in [-0.1, -0.05) is 43.9 Å². The van der Waals surface area contributed by atoms with Crippen LogP contribution < -0.4 is 5.32 Å². The molecule has 100 valence electrons. The molecule has 2 aromatic rings. The second-order valence-corrected chi connectivity index (χ2v) is 5.71. The number of aromatic nitrogens is 1. The molecule has 19 heavy (non-hydrogen) atoms. The summed E-state index contributed by atoms with van der Waals surface area (Å²) in [6.07, 6.45) is 6.99. The minimum absolute atomic E-state index is 0.938. The van der Waals surface area contributed by atoms with E-state index in [1.165, 1.54) is 43.1 Å². The van der Waals surface area contributed by atoms with Gasteiger partial charge in [-0.3, -0.25) is 0 Å². The van der Waals surface area contributed by atoms with E-state index in [0.29, 0.717) is 0 Å². The maximum Gasteiger partial charge on any atom is 0.129 e. The smallest absolute Gasteiger partial charge is 0.129 e. The van der Waals surface area contributed by atoms with Crippen molar-refractivity contribution in [2.75, 3.05) is 11.9 Å². The average molecular weight is 254 g/mol. The quantitative estimate of drug-likeness (QED) is 0.866. The summed E-state index contributed by atoms with van der Waals surface area (Å²) in [6.45, 7) is 3.19. The lowest BCUT2D eigenvalue weighted by molar-refractivity contribution is 0.518. The number of fused-ring (bicyclic) bond motifs is 1. The van der Waals surface area contributed by atoms with Gasteiger partial charge in [0.25, 0.3) is 0 Å². The number of pyridine rings is 1. The van der Waals surface area contributed by atoms with Crippen molar-refractivity contribution in [1.82, 2.24) is 4.98 Å². The van der Waals surface area contributed by atoms with Crippen LogP contribution >= 0.6 is 0 Å². The number of nitrogens with zero attached hydrogens (tertiary/aromatic N) is 1. The van der Waals surface area contributed by atoms with Crippen LogP contribution in [0.25, 0.3) is 10.9 Å². The van der Waals surface area contributed by atoms with Crippen LogP contribution in [-0.2, 0) is 0 Å². The van der Waals surface area contributed by atoms with Gasteiger partial charge in [0.1, 0.15) is 5.82 Å². The third-order valence-electron chi connectivity index (χ3n) is 4.23. The Hall–Kier alpha value is -1.57. The average Bonchev–Trinajstić information content (AvgIpc) is 2.92. The van der Waals surface area contributed by atoms with E-state index in [4.69, 9.17) is 4.98 Å². The second-order valence-electron chi connectivity index (χ2n) is 5.71. The van der Waals surface area contributed by atoms with E-state index >= 15 is 0 Å². The lowest BCUT2D eigenvalue weighted by atomic mass is 10.0. The van der Waals surface area contributed by atoms with E-state index in [1.807, 2.05) is 6.07 Å². The molecular formula is C17H22N2. The van der Waals surface area contributed by atoms with Gasteiger partial charge in [-0.2, -0.15) is 0 Å². The third kappa shape index (κ3) is 2.89. The number of benzene rings is 1. The predicted octanol–water partition coefficient (Wildman–Crippen LogP) is 4.54. The molecule has 0 saturated heterocycles. The number of anilines is 1. The van der Waals surface area contributed by atoms with Gasteiger partial charge < -0.3 is 5.32 Å². The van der Waals surface area contributed by atoms with Crippen molar-refractivity contribution in [2.45, 2.75) is 39.0 Å². The Morgan fingerprint density at radius 2 is 2.00 bits per heavy atom. The number of rotatable bonds is 4. The SMILES string of the molecule is Cc1cc2ccccc2nc1NCCC1CCCC1. The molecule has 1 aromatic heterocycles. The van der Waals surface area contributed by atoms with E-state index in [9.17, 15) is 0 Å². The topological polar surface area (TPSA) is 24.9 Å². The van der Waals surface area contributed by atoms with Crippen molar-refractivity contribution in [2.24, 2.45) is 5.92 Å². The Labute approximate surface area is 115 Å². The maximum absolute atomic E-state index is 4.73. The maximum atomic E-state index is 4.73.